The lowest BCUT2D eigenvalue weighted by Crippen LogP contribution is -2.52. The Morgan fingerprint density at radius 2 is 1.68 bits per heavy atom. The number of urea groups is 1. The molecule has 0 fully saturated rings. The second-order valence-corrected chi connectivity index (χ2v) is 11.4. The number of rotatable bonds is 15. The van der Waals surface area contributed by atoms with Gasteiger partial charge in [0.15, 0.2) is 0 Å². The second kappa shape index (κ2) is 16.3. The SMILES string of the molecule is CCC(CCC(CC)NC(=O)C(CC)NC(=O)N(C)Cc1csc(C(C)C)n1)NC(=O)OCc1cncs1. The average molecular weight is 567 g/mol. The monoisotopic (exact) mass is 566 g/mol. The molecule has 0 bridgehead atoms. The van der Waals surface area contributed by atoms with E-state index in [1.165, 1.54) is 16.2 Å². The molecule has 12 heteroatoms. The van der Waals surface area contributed by atoms with Gasteiger partial charge in [0.25, 0.3) is 0 Å². The fraction of sp³-hybridized carbons (Fsp3) is 0.654. The van der Waals surface area contributed by atoms with Crippen LogP contribution in [0.4, 0.5) is 9.59 Å². The van der Waals surface area contributed by atoms with Gasteiger partial charge in [0.05, 0.1) is 27.6 Å². The summed E-state index contributed by atoms with van der Waals surface area (Å²) in [5, 5.41) is 11.8. The molecule has 3 unspecified atom stereocenters. The van der Waals surface area contributed by atoms with Crippen molar-refractivity contribution >= 4 is 40.7 Å². The Labute approximate surface area is 234 Å². The fourth-order valence-electron chi connectivity index (χ4n) is 3.71. The van der Waals surface area contributed by atoms with Gasteiger partial charge in [0.2, 0.25) is 5.91 Å². The number of hydrogen-bond acceptors (Lipinski definition) is 8. The van der Waals surface area contributed by atoms with Crippen LogP contribution >= 0.6 is 22.7 Å². The van der Waals surface area contributed by atoms with Crippen molar-refractivity contribution in [3.05, 3.63) is 32.7 Å². The number of ether oxygens (including phenoxy) is 1. The third-order valence-corrected chi connectivity index (χ3v) is 8.13. The Hall–Kier alpha value is -2.73. The van der Waals surface area contributed by atoms with Crippen LogP contribution in [0.5, 0.6) is 0 Å². The molecule has 0 aromatic carbocycles. The van der Waals surface area contributed by atoms with Gasteiger partial charge >= 0.3 is 12.1 Å². The minimum atomic E-state index is -0.637. The Bertz CT molecular complexity index is 998. The Morgan fingerprint density at radius 1 is 1.00 bits per heavy atom. The maximum Gasteiger partial charge on any atom is 0.407 e. The second-order valence-electron chi connectivity index (χ2n) is 9.58. The largest absolute Gasteiger partial charge is 0.444 e. The summed E-state index contributed by atoms with van der Waals surface area (Å²) in [6.07, 6.45) is 4.57. The molecule has 0 spiro atoms. The maximum absolute atomic E-state index is 13.0. The molecule has 0 aliphatic carbocycles. The van der Waals surface area contributed by atoms with Crippen molar-refractivity contribution < 1.29 is 19.1 Å². The first-order chi connectivity index (χ1) is 18.2. The number of hydrogen-bond donors (Lipinski definition) is 3. The van der Waals surface area contributed by atoms with Crippen LogP contribution in [0.2, 0.25) is 0 Å². The van der Waals surface area contributed by atoms with E-state index in [-0.39, 0.29) is 30.6 Å². The van der Waals surface area contributed by atoms with Crippen LogP contribution in [0.25, 0.3) is 0 Å². The summed E-state index contributed by atoms with van der Waals surface area (Å²) in [6, 6.07) is -1.08. The van der Waals surface area contributed by atoms with Crippen LogP contribution in [0.15, 0.2) is 17.1 Å². The minimum Gasteiger partial charge on any atom is -0.444 e. The molecule has 3 atom stereocenters. The highest BCUT2D eigenvalue weighted by atomic mass is 32.1. The minimum absolute atomic E-state index is 0.0628. The highest BCUT2D eigenvalue weighted by Gasteiger charge is 2.24. The van der Waals surface area contributed by atoms with Gasteiger partial charge in [-0.25, -0.2) is 14.6 Å². The van der Waals surface area contributed by atoms with E-state index in [2.05, 4.69) is 39.8 Å². The lowest BCUT2D eigenvalue weighted by Gasteiger charge is -2.25. The van der Waals surface area contributed by atoms with E-state index in [9.17, 15) is 14.4 Å². The molecule has 2 rings (SSSR count). The summed E-state index contributed by atoms with van der Waals surface area (Å²) in [5.74, 6) is 0.140. The number of carbonyl (C=O) groups excluding carboxylic acids is 3. The molecule has 2 aromatic heterocycles. The number of alkyl carbamates (subject to hydrolysis) is 1. The van der Waals surface area contributed by atoms with Crippen LogP contribution in [0, 0.1) is 0 Å². The van der Waals surface area contributed by atoms with Crippen LogP contribution in [-0.4, -0.2) is 58.1 Å². The highest BCUT2D eigenvalue weighted by molar-refractivity contribution is 7.09. The van der Waals surface area contributed by atoms with Crippen LogP contribution < -0.4 is 16.0 Å². The fourth-order valence-corrected chi connectivity index (χ4v) is 5.04. The molecular formula is C26H42N6O4S2. The molecule has 0 radical (unpaired) electrons. The number of aromatic nitrogens is 2. The number of amides is 4. The van der Waals surface area contributed by atoms with Crippen molar-refractivity contribution in [1.82, 2.24) is 30.8 Å². The summed E-state index contributed by atoms with van der Waals surface area (Å²) in [6.45, 7) is 10.6. The van der Waals surface area contributed by atoms with Gasteiger partial charge in [-0.05, 0) is 32.1 Å². The van der Waals surface area contributed by atoms with Gasteiger partial charge in [-0.3, -0.25) is 9.78 Å². The van der Waals surface area contributed by atoms with Crippen molar-refractivity contribution in [3.63, 3.8) is 0 Å². The van der Waals surface area contributed by atoms with Crippen LogP contribution in [0.3, 0.4) is 0 Å². The first-order valence-electron chi connectivity index (χ1n) is 13.2. The maximum atomic E-state index is 13.0. The standard InChI is InChI=1S/C26H42N6O4S2/c1-7-18(10-11-19(8-2)30-26(35)36-14-21-12-27-16-38-21)28-23(33)22(9-3)31-25(34)32(6)13-20-15-37-24(29-20)17(4)5/h12,15-19,22H,7-11,13-14H2,1-6H3,(H,28,33)(H,30,35)(H,31,34). The number of thiazole rings is 2. The van der Waals surface area contributed by atoms with Crippen molar-refractivity contribution in [3.8, 4) is 0 Å². The molecule has 3 N–H and O–H groups in total. The zero-order chi connectivity index (χ0) is 28.1. The summed E-state index contributed by atoms with van der Waals surface area (Å²) in [7, 11) is 1.70. The summed E-state index contributed by atoms with van der Waals surface area (Å²) < 4.78 is 5.27. The van der Waals surface area contributed by atoms with Gasteiger partial charge in [-0.1, -0.05) is 34.6 Å². The van der Waals surface area contributed by atoms with Crippen molar-refractivity contribution in [2.75, 3.05) is 7.05 Å². The normalized spacial score (nSPS) is 13.4. The Kier molecular flexibility index (Phi) is 13.5. The zero-order valence-electron chi connectivity index (χ0n) is 23.3. The lowest BCUT2D eigenvalue weighted by molar-refractivity contribution is -0.123. The van der Waals surface area contributed by atoms with Crippen molar-refractivity contribution in [1.29, 1.82) is 0 Å². The summed E-state index contributed by atoms with van der Waals surface area (Å²) >= 11 is 3.03. The molecule has 0 aliphatic rings. The van der Waals surface area contributed by atoms with Crippen LogP contribution in [0.1, 0.15) is 88.2 Å². The number of carbonyl (C=O) groups is 3. The van der Waals surface area contributed by atoms with Gasteiger partial charge in [0, 0.05) is 36.6 Å². The van der Waals surface area contributed by atoms with Crippen molar-refractivity contribution in [2.24, 2.45) is 0 Å². The third-order valence-electron chi connectivity index (χ3n) is 6.18. The quantitative estimate of drug-likeness (QED) is 0.278. The molecule has 0 saturated carbocycles. The third kappa shape index (κ3) is 10.6. The van der Waals surface area contributed by atoms with Gasteiger partial charge in [0.1, 0.15) is 12.6 Å². The van der Waals surface area contributed by atoms with Crippen LogP contribution in [-0.2, 0) is 22.7 Å². The van der Waals surface area contributed by atoms with Gasteiger partial charge < -0.3 is 25.6 Å². The van der Waals surface area contributed by atoms with E-state index in [1.807, 2.05) is 26.2 Å². The van der Waals surface area contributed by atoms with E-state index in [4.69, 9.17) is 4.74 Å². The molecule has 212 valence electrons. The molecule has 10 nitrogen and oxygen atoms in total. The van der Waals surface area contributed by atoms with Gasteiger partial charge in [-0.15, -0.1) is 22.7 Å². The molecule has 0 aliphatic heterocycles. The Morgan fingerprint density at radius 3 is 2.24 bits per heavy atom. The van der Waals surface area contributed by atoms with E-state index in [0.29, 0.717) is 31.7 Å². The molecule has 0 saturated heterocycles. The molecule has 2 aromatic rings. The smallest absolute Gasteiger partial charge is 0.407 e. The summed E-state index contributed by atoms with van der Waals surface area (Å²) in [5.41, 5.74) is 2.54. The lowest BCUT2D eigenvalue weighted by atomic mass is 10.0. The molecule has 38 heavy (non-hydrogen) atoms. The number of nitrogens with one attached hydrogen (secondary N) is 3. The van der Waals surface area contributed by atoms with E-state index in [0.717, 1.165) is 28.4 Å². The van der Waals surface area contributed by atoms with E-state index >= 15 is 0 Å². The average Bonchev–Trinajstić information content (AvgIpc) is 3.59. The first kappa shape index (κ1) is 31.5. The predicted octanol–water partition coefficient (Wildman–Crippen LogP) is 5.02. The highest BCUT2D eigenvalue weighted by Crippen LogP contribution is 2.20. The zero-order valence-corrected chi connectivity index (χ0v) is 24.9. The first-order valence-corrected chi connectivity index (χ1v) is 15.0. The Balaban J connectivity index is 1.80. The molecular weight excluding hydrogens is 524 g/mol. The van der Waals surface area contributed by atoms with Gasteiger partial charge in [-0.2, -0.15) is 0 Å². The molecule has 2 heterocycles. The van der Waals surface area contributed by atoms with E-state index < -0.39 is 12.1 Å². The van der Waals surface area contributed by atoms with Crippen molar-refractivity contribution in [2.45, 2.75) is 104 Å². The molecule has 4 amide bonds. The summed E-state index contributed by atoms with van der Waals surface area (Å²) in [4.78, 5) is 48.9. The topological polar surface area (TPSA) is 126 Å². The van der Waals surface area contributed by atoms with E-state index in [1.54, 1.807) is 30.1 Å². The predicted molar refractivity (Wildman–Crippen MR) is 151 cm³/mol. The number of nitrogens with zero attached hydrogens (tertiary/aromatic N) is 3.